The molecule has 142 valence electrons. The molecule has 1 atom stereocenters. The molecule has 2 aromatic rings. The second kappa shape index (κ2) is 6.51. The monoisotopic (exact) mass is 367 g/mol. The molecule has 6 heteroatoms. The van der Waals surface area contributed by atoms with Crippen LogP contribution in [0.25, 0.3) is 5.69 Å². The van der Waals surface area contributed by atoms with Gasteiger partial charge in [-0.3, -0.25) is 4.79 Å². The zero-order chi connectivity index (χ0) is 19.2. The van der Waals surface area contributed by atoms with Gasteiger partial charge >= 0.3 is 5.97 Å². The van der Waals surface area contributed by atoms with E-state index in [1.165, 1.54) is 10.5 Å². The third kappa shape index (κ3) is 2.83. The van der Waals surface area contributed by atoms with Gasteiger partial charge in [-0.15, -0.1) is 0 Å². The Bertz CT molecular complexity index is 900. The smallest absolute Gasteiger partial charge is 0.329 e. The molecule has 0 bridgehead atoms. The number of hydrogen-bond acceptors (Lipinski definition) is 3. The summed E-state index contributed by atoms with van der Waals surface area (Å²) in [5.74, 6) is -1.19. The molecule has 1 saturated heterocycles. The van der Waals surface area contributed by atoms with E-state index in [4.69, 9.17) is 5.10 Å². The summed E-state index contributed by atoms with van der Waals surface area (Å²) in [6.07, 6.45) is 5.00. The molecule has 1 aromatic heterocycles. The van der Waals surface area contributed by atoms with Crippen LogP contribution in [0.3, 0.4) is 0 Å². The van der Waals surface area contributed by atoms with Gasteiger partial charge in [-0.2, -0.15) is 5.10 Å². The van der Waals surface area contributed by atoms with Crippen LogP contribution in [-0.4, -0.2) is 43.7 Å². The Balaban J connectivity index is 1.78. The minimum absolute atomic E-state index is 0.249. The molecule has 27 heavy (non-hydrogen) atoms. The molecule has 0 radical (unpaired) electrons. The number of likely N-dealkylation sites (tertiary alicyclic amines) is 1. The minimum Gasteiger partial charge on any atom is -0.480 e. The van der Waals surface area contributed by atoms with Crippen LogP contribution in [0.15, 0.2) is 24.3 Å². The summed E-state index contributed by atoms with van der Waals surface area (Å²) in [5.41, 5.74) is 3.48. The van der Waals surface area contributed by atoms with E-state index in [0.717, 1.165) is 42.6 Å². The standard InChI is InChI=1S/C21H25N3O3/c1-14-8-10-15(11-9-14)24-17-7-4-3-6-16(17)18(22-24)19(25)23-13-5-12-21(23,2)20(26)27/h8-11H,3-7,12-13H2,1-2H3,(H,26,27). The fraction of sp³-hybridized carbons (Fsp3) is 0.476. The number of carboxylic acids is 1. The summed E-state index contributed by atoms with van der Waals surface area (Å²) in [5, 5.41) is 14.4. The topological polar surface area (TPSA) is 75.4 Å². The Morgan fingerprint density at radius 3 is 2.52 bits per heavy atom. The van der Waals surface area contributed by atoms with Crippen molar-refractivity contribution in [2.24, 2.45) is 0 Å². The highest BCUT2D eigenvalue weighted by molar-refractivity contribution is 5.98. The predicted octanol–water partition coefficient (Wildman–Crippen LogP) is 3.14. The maximum atomic E-state index is 13.3. The summed E-state index contributed by atoms with van der Waals surface area (Å²) in [6, 6.07) is 8.11. The first kappa shape index (κ1) is 17.8. The molecule has 4 rings (SSSR count). The summed E-state index contributed by atoms with van der Waals surface area (Å²) in [4.78, 5) is 26.6. The lowest BCUT2D eigenvalue weighted by Gasteiger charge is -2.31. The van der Waals surface area contributed by atoms with Crippen LogP contribution < -0.4 is 0 Å². The Kier molecular flexibility index (Phi) is 4.29. The van der Waals surface area contributed by atoms with E-state index >= 15 is 0 Å². The van der Waals surface area contributed by atoms with Gasteiger partial charge in [0.25, 0.3) is 5.91 Å². The van der Waals surface area contributed by atoms with Crippen LogP contribution in [0.5, 0.6) is 0 Å². The van der Waals surface area contributed by atoms with Gasteiger partial charge in [0.05, 0.1) is 5.69 Å². The second-order valence-corrected chi connectivity index (χ2v) is 7.87. The minimum atomic E-state index is -1.15. The molecule has 1 aliphatic heterocycles. The number of benzene rings is 1. The van der Waals surface area contributed by atoms with Crippen LogP contribution in [0.1, 0.15) is 59.9 Å². The number of carbonyl (C=O) groups excluding carboxylic acids is 1. The predicted molar refractivity (Wildman–Crippen MR) is 101 cm³/mol. The Labute approximate surface area is 158 Å². The molecule has 1 fully saturated rings. The quantitative estimate of drug-likeness (QED) is 0.904. The molecule has 2 aliphatic rings. The molecule has 6 nitrogen and oxygen atoms in total. The van der Waals surface area contributed by atoms with E-state index in [2.05, 4.69) is 0 Å². The molecule has 1 aliphatic carbocycles. The number of amides is 1. The number of carbonyl (C=O) groups is 2. The van der Waals surface area contributed by atoms with Gasteiger partial charge in [0.2, 0.25) is 0 Å². The molecule has 0 saturated carbocycles. The summed E-state index contributed by atoms with van der Waals surface area (Å²) in [6.45, 7) is 4.15. The zero-order valence-electron chi connectivity index (χ0n) is 15.9. The number of rotatable bonds is 3. The van der Waals surface area contributed by atoms with Crippen molar-refractivity contribution in [1.29, 1.82) is 0 Å². The zero-order valence-corrected chi connectivity index (χ0v) is 15.9. The Morgan fingerprint density at radius 1 is 1.11 bits per heavy atom. The Hall–Kier alpha value is -2.63. The number of aryl methyl sites for hydroxylation is 1. The normalized spacial score (nSPS) is 21.9. The highest BCUT2D eigenvalue weighted by Crippen LogP contribution is 2.33. The van der Waals surface area contributed by atoms with Gasteiger partial charge in [-0.25, -0.2) is 9.48 Å². The van der Waals surface area contributed by atoms with E-state index < -0.39 is 11.5 Å². The van der Waals surface area contributed by atoms with Crippen molar-refractivity contribution in [3.63, 3.8) is 0 Å². The lowest BCUT2D eigenvalue weighted by Crippen LogP contribution is -2.51. The summed E-state index contributed by atoms with van der Waals surface area (Å²) < 4.78 is 1.88. The van der Waals surface area contributed by atoms with Gasteiger partial charge in [0.15, 0.2) is 5.69 Å². The molecular formula is C21H25N3O3. The number of nitrogens with zero attached hydrogens (tertiary/aromatic N) is 3. The molecule has 1 aromatic carbocycles. The van der Waals surface area contributed by atoms with Gasteiger partial charge < -0.3 is 10.0 Å². The van der Waals surface area contributed by atoms with Crippen LogP contribution in [0, 0.1) is 6.92 Å². The SMILES string of the molecule is Cc1ccc(-n2nc(C(=O)N3CCCC3(C)C(=O)O)c3c2CCCC3)cc1. The molecule has 0 spiro atoms. The summed E-state index contributed by atoms with van der Waals surface area (Å²) >= 11 is 0. The van der Waals surface area contributed by atoms with Gasteiger partial charge in [0.1, 0.15) is 5.54 Å². The average Bonchev–Trinajstić information content (AvgIpc) is 3.24. The average molecular weight is 367 g/mol. The molecule has 1 amide bonds. The molecule has 2 heterocycles. The lowest BCUT2D eigenvalue weighted by atomic mass is 9.94. The highest BCUT2D eigenvalue weighted by Gasteiger charge is 2.47. The van der Waals surface area contributed by atoms with Crippen LogP contribution in [0.2, 0.25) is 0 Å². The summed E-state index contributed by atoms with van der Waals surface area (Å²) in [7, 11) is 0. The third-order valence-electron chi connectivity index (χ3n) is 6.01. The third-order valence-corrected chi connectivity index (χ3v) is 6.01. The molecule has 1 unspecified atom stereocenters. The van der Waals surface area contributed by atoms with Crippen molar-refractivity contribution in [2.75, 3.05) is 6.54 Å². The van der Waals surface area contributed by atoms with Crippen molar-refractivity contribution >= 4 is 11.9 Å². The highest BCUT2D eigenvalue weighted by atomic mass is 16.4. The van der Waals surface area contributed by atoms with Gasteiger partial charge in [-0.05, 0) is 64.5 Å². The van der Waals surface area contributed by atoms with Crippen molar-refractivity contribution < 1.29 is 14.7 Å². The van der Waals surface area contributed by atoms with Gasteiger partial charge in [-0.1, -0.05) is 17.7 Å². The fourth-order valence-electron chi connectivity index (χ4n) is 4.31. The molecule has 1 N–H and O–H groups in total. The van der Waals surface area contributed by atoms with E-state index in [1.54, 1.807) is 6.92 Å². The first-order valence-corrected chi connectivity index (χ1v) is 9.65. The van der Waals surface area contributed by atoms with E-state index in [0.29, 0.717) is 25.1 Å². The number of aromatic nitrogens is 2. The lowest BCUT2D eigenvalue weighted by molar-refractivity contribution is -0.147. The van der Waals surface area contributed by atoms with E-state index in [9.17, 15) is 14.7 Å². The first-order valence-electron chi connectivity index (χ1n) is 9.65. The first-order chi connectivity index (χ1) is 12.9. The molecular weight excluding hydrogens is 342 g/mol. The van der Waals surface area contributed by atoms with Gasteiger partial charge in [0, 0.05) is 17.8 Å². The Morgan fingerprint density at radius 2 is 1.81 bits per heavy atom. The van der Waals surface area contributed by atoms with Crippen LogP contribution in [0.4, 0.5) is 0 Å². The number of carboxylic acid groups (broad SMARTS) is 1. The van der Waals surface area contributed by atoms with E-state index in [-0.39, 0.29) is 5.91 Å². The largest absolute Gasteiger partial charge is 0.480 e. The maximum Gasteiger partial charge on any atom is 0.329 e. The van der Waals surface area contributed by atoms with Crippen molar-refractivity contribution in [3.8, 4) is 5.69 Å². The van der Waals surface area contributed by atoms with Crippen molar-refractivity contribution in [2.45, 2.75) is 57.9 Å². The van der Waals surface area contributed by atoms with Crippen LogP contribution >= 0.6 is 0 Å². The second-order valence-electron chi connectivity index (χ2n) is 7.87. The van der Waals surface area contributed by atoms with E-state index in [1.807, 2.05) is 35.9 Å². The number of aliphatic carboxylic acids is 1. The van der Waals surface area contributed by atoms with Crippen molar-refractivity contribution in [1.82, 2.24) is 14.7 Å². The maximum absolute atomic E-state index is 13.3. The number of hydrogen-bond donors (Lipinski definition) is 1. The van der Waals surface area contributed by atoms with Crippen molar-refractivity contribution in [3.05, 3.63) is 46.8 Å². The number of fused-ring (bicyclic) bond motifs is 1. The fourth-order valence-corrected chi connectivity index (χ4v) is 4.31. The van der Waals surface area contributed by atoms with Crippen LogP contribution in [-0.2, 0) is 17.6 Å².